The Bertz CT molecular complexity index is 292. The number of nitrogens with one attached hydrogen (secondary N) is 2. The molecule has 0 bridgehead atoms. The summed E-state index contributed by atoms with van der Waals surface area (Å²) < 4.78 is 28.2. The zero-order chi connectivity index (χ0) is 15.9. The van der Waals surface area contributed by atoms with Crippen molar-refractivity contribution in [2.24, 2.45) is 0 Å². The quantitative estimate of drug-likeness (QED) is 0.454. The Balaban J connectivity index is 3.28. The van der Waals surface area contributed by atoms with Crippen LogP contribution in [0.2, 0.25) is 0 Å². The van der Waals surface area contributed by atoms with Crippen LogP contribution >= 0.6 is 0 Å². The lowest BCUT2D eigenvalue weighted by Gasteiger charge is -2.10. The van der Waals surface area contributed by atoms with Gasteiger partial charge in [-0.3, -0.25) is 9.59 Å². The lowest BCUT2D eigenvalue weighted by atomic mass is 10.4. The fraction of sp³-hybridized carbons (Fsp3) is 0.846. The fourth-order valence-corrected chi connectivity index (χ4v) is 1.28. The summed E-state index contributed by atoms with van der Waals surface area (Å²) >= 11 is 0. The van der Waals surface area contributed by atoms with Gasteiger partial charge in [-0.15, -0.1) is 0 Å². The zero-order valence-electron chi connectivity index (χ0n) is 12.7. The minimum atomic E-state index is -1.23. The van der Waals surface area contributed by atoms with Gasteiger partial charge in [-0.05, 0) is 0 Å². The van der Waals surface area contributed by atoms with E-state index in [4.69, 9.17) is 9.47 Å². The monoisotopic (exact) mass is 308 g/mol. The van der Waals surface area contributed by atoms with Crippen LogP contribution in [0.5, 0.6) is 0 Å². The van der Waals surface area contributed by atoms with Gasteiger partial charge in [-0.2, -0.15) is 0 Å². The molecule has 0 radical (unpaired) electrons. The maximum atomic E-state index is 13.3. The van der Waals surface area contributed by atoms with Gasteiger partial charge in [-0.1, -0.05) is 6.92 Å². The van der Waals surface area contributed by atoms with E-state index in [0.29, 0.717) is 26.2 Å². The summed E-state index contributed by atoms with van der Waals surface area (Å²) in [4.78, 5) is 21.9. The van der Waals surface area contributed by atoms with Gasteiger partial charge in [0, 0.05) is 20.1 Å². The Morgan fingerprint density at radius 3 is 2.48 bits per heavy atom. The minimum Gasteiger partial charge on any atom is -0.377 e. The smallest absolute Gasteiger partial charge is 0.246 e. The third kappa shape index (κ3) is 13.5. The number of carbonyl (C=O) groups excluding carboxylic acids is 2. The molecule has 0 aromatic rings. The zero-order valence-corrected chi connectivity index (χ0v) is 12.7. The van der Waals surface area contributed by atoms with Crippen molar-refractivity contribution >= 4 is 11.8 Å². The first-order chi connectivity index (χ1) is 10.1. The highest BCUT2D eigenvalue weighted by Gasteiger charge is 2.07. The molecule has 0 heterocycles. The molecule has 0 fully saturated rings. The molecule has 1 unspecified atom stereocenters. The van der Waals surface area contributed by atoms with Gasteiger partial charge in [0.25, 0.3) is 0 Å². The second-order valence-corrected chi connectivity index (χ2v) is 4.23. The third-order valence-corrected chi connectivity index (χ3v) is 2.36. The van der Waals surface area contributed by atoms with Gasteiger partial charge in [0.1, 0.15) is 12.8 Å². The standard InChI is InChI=1S/C13H25FN2O5/c1-3-12(17)16-8-11(14)9-21-7-6-20-5-4-15-13(18)10-19-2/h11H,3-10H2,1-2H3,(H,15,18)(H,16,17). The van der Waals surface area contributed by atoms with Gasteiger partial charge < -0.3 is 24.8 Å². The number of halogens is 1. The van der Waals surface area contributed by atoms with E-state index in [-0.39, 0.29) is 38.2 Å². The number of hydrogen-bond acceptors (Lipinski definition) is 5. The molecule has 21 heavy (non-hydrogen) atoms. The first kappa shape index (κ1) is 19.8. The van der Waals surface area contributed by atoms with Crippen molar-refractivity contribution < 1.29 is 28.2 Å². The lowest BCUT2D eigenvalue weighted by Crippen LogP contribution is -2.32. The predicted octanol–water partition coefficient (Wildman–Crippen LogP) is -0.353. The van der Waals surface area contributed by atoms with E-state index in [9.17, 15) is 14.0 Å². The maximum absolute atomic E-state index is 13.3. The Morgan fingerprint density at radius 2 is 1.81 bits per heavy atom. The average Bonchev–Trinajstić information content (AvgIpc) is 2.47. The highest BCUT2D eigenvalue weighted by Crippen LogP contribution is 1.91. The van der Waals surface area contributed by atoms with E-state index in [1.165, 1.54) is 7.11 Å². The topological polar surface area (TPSA) is 85.9 Å². The van der Waals surface area contributed by atoms with Crippen LogP contribution < -0.4 is 10.6 Å². The first-order valence-electron chi connectivity index (χ1n) is 6.92. The van der Waals surface area contributed by atoms with Gasteiger partial charge in [0.05, 0.1) is 33.0 Å². The second kappa shape index (κ2) is 13.7. The molecule has 124 valence electrons. The molecule has 0 aliphatic rings. The number of methoxy groups -OCH3 is 1. The molecular weight excluding hydrogens is 283 g/mol. The summed E-state index contributed by atoms with van der Waals surface area (Å²) in [6.07, 6.45) is -0.892. The van der Waals surface area contributed by atoms with Crippen LogP contribution in [0.3, 0.4) is 0 Å². The molecule has 0 aromatic heterocycles. The Kier molecular flexibility index (Phi) is 12.9. The van der Waals surface area contributed by atoms with Crippen LogP contribution in [-0.4, -0.2) is 71.2 Å². The Labute approximate surface area is 124 Å². The Hall–Kier alpha value is -1.25. The molecule has 0 saturated heterocycles. The Morgan fingerprint density at radius 1 is 1.10 bits per heavy atom. The number of hydrogen-bond donors (Lipinski definition) is 2. The molecule has 0 saturated carbocycles. The van der Waals surface area contributed by atoms with Crippen LogP contribution in [0.25, 0.3) is 0 Å². The van der Waals surface area contributed by atoms with Crippen molar-refractivity contribution in [2.75, 3.05) is 53.2 Å². The average molecular weight is 308 g/mol. The normalized spacial score (nSPS) is 12.0. The molecule has 0 aliphatic carbocycles. The second-order valence-electron chi connectivity index (χ2n) is 4.23. The van der Waals surface area contributed by atoms with Crippen LogP contribution in [0.15, 0.2) is 0 Å². The molecule has 0 spiro atoms. The SMILES string of the molecule is CCC(=O)NCC(F)COCCOCCNC(=O)COC. The highest BCUT2D eigenvalue weighted by molar-refractivity contribution is 5.77. The molecule has 8 heteroatoms. The van der Waals surface area contributed by atoms with Crippen molar-refractivity contribution in [3.05, 3.63) is 0 Å². The van der Waals surface area contributed by atoms with E-state index in [2.05, 4.69) is 15.4 Å². The summed E-state index contributed by atoms with van der Waals surface area (Å²) in [5, 5.41) is 5.04. The predicted molar refractivity (Wildman–Crippen MR) is 74.7 cm³/mol. The molecule has 0 aliphatic heterocycles. The number of rotatable bonds is 13. The van der Waals surface area contributed by atoms with Crippen LogP contribution in [0, 0.1) is 0 Å². The molecular formula is C13H25FN2O5. The van der Waals surface area contributed by atoms with E-state index in [1.54, 1.807) is 6.92 Å². The number of alkyl halides is 1. The molecule has 7 nitrogen and oxygen atoms in total. The molecule has 2 N–H and O–H groups in total. The van der Waals surface area contributed by atoms with E-state index in [0.717, 1.165) is 0 Å². The van der Waals surface area contributed by atoms with Crippen LogP contribution in [-0.2, 0) is 23.8 Å². The number of ether oxygens (including phenoxy) is 3. The fourth-order valence-electron chi connectivity index (χ4n) is 1.28. The highest BCUT2D eigenvalue weighted by atomic mass is 19.1. The van der Waals surface area contributed by atoms with Crippen LogP contribution in [0.4, 0.5) is 4.39 Å². The molecule has 2 amide bonds. The molecule has 0 rings (SSSR count). The summed E-state index contributed by atoms with van der Waals surface area (Å²) in [6, 6.07) is 0. The first-order valence-corrected chi connectivity index (χ1v) is 6.92. The van der Waals surface area contributed by atoms with Gasteiger partial charge in [0.15, 0.2) is 0 Å². The van der Waals surface area contributed by atoms with Crippen molar-refractivity contribution in [3.8, 4) is 0 Å². The van der Waals surface area contributed by atoms with Crippen LogP contribution in [0.1, 0.15) is 13.3 Å². The van der Waals surface area contributed by atoms with Gasteiger partial charge in [0.2, 0.25) is 11.8 Å². The maximum Gasteiger partial charge on any atom is 0.246 e. The van der Waals surface area contributed by atoms with Crippen molar-refractivity contribution in [1.29, 1.82) is 0 Å². The van der Waals surface area contributed by atoms with Gasteiger partial charge in [-0.25, -0.2) is 4.39 Å². The number of carbonyl (C=O) groups is 2. The van der Waals surface area contributed by atoms with Crippen molar-refractivity contribution in [3.63, 3.8) is 0 Å². The van der Waals surface area contributed by atoms with E-state index >= 15 is 0 Å². The number of amides is 2. The third-order valence-electron chi connectivity index (χ3n) is 2.36. The lowest BCUT2D eigenvalue weighted by molar-refractivity contribution is -0.125. The van der Waals surface area contributed by atoms with Crippen molar-refractivity contribution in [2.45, 2.75) is 19.5 Å². The largest absolute Gasteiger partial charge is 0.377 e. The van der Waals surface area contributed by atoms with Gasteiger partial charge >= 0.3 is 0 Å². The summed E-state index contributed by atoms with van der Waals surface area (Å²) in [5.74, 6) is -0.386. The summed E-state index contributed by atoms with van der Waals surface area (Å²) in [6.45, 7) is 2.91. The summed E-state index contributed by atoms with van der Waals surface area (Å²) in [5.41, 5.74) is 0. The van der Waals surface area contributed by atoms with E-state index < -0.39 is 6.17 Å². The van der Waals surface area contributed by atoms with E-state index in [1.807, 2.05) is 0 Å². The minimum absolute atomic E-state index is 0.0234. The van der Waals surface area contributed by atoms with Crippen molar-refractivity contribution in [1.82, 2.24) is 10.6 Å². The molecule has 0 aromatic carbocycles. The summed E-state index contributed by atoms with van der Waals surface area (Å²) in [7, 11) is 1.44. The molecule has 1 atom stereocenters.